The fourth-order valence-electron chi connectivity index (χ4n) is 5.87. The Morgan fingerprint density at radius 2 is 1.37 bits per heavy atom. The molecule has 0 aliphatic heterocycles. The van der Waals surface area contributed by atoms with E-state index in [4.69, 9.17) is 9.15 Å². The normalized spacial score (nSPS) is 17.1. The predicted molar refractivity (Wildman–Crippen MR) is 153 cm³/mol. The van der Waals surface area contributed by atoms with Gasteiger partial charge in [-0.2, -0.15) is 0 Å². The maximum Gasteiger partial charge on any atom is 0.149 e. The lowest BCUT2D eigenvalue weighted by molar-refractivity contribution is -0.0230. The number of benzene rings is 3. The highest BCUT2D eigenvalue weighted by Gasteiger charge is 2.45. The van der Waals surface area contributed by atoms with Crippen LogP contribution >= 0.6 is 7.14 Å². The van der Waals surface area contributed by atoms with E-state index in [1.54, 1.807) is 18.4 Å². The van der Waals surface area contributed by atoms with Gasteiger partial charge in [-0.15, -0.1) is 0 Å². The minimum atomic E-state index is -3.32. The Balaban J connectivity index is 1.57. The van der Waals surface area contributed by atoms with Crippen LogP contribution in [0.4, 0.5) is 0 Å². The molecule has 0 amide bonds. The Labute approximate surface area is 226 Å². The zero-order valence-corrected chi connectivity index (χ0v) is 22.7. The highest BCUT2D eigenvalue weighted by molar-refractivity contribution is 7.79. The molecule has 4 nitrogen and oxygen atoms in total. The van der Waals surface area contributed by atoms with Crippen LogP contribution in [0.25, 0.3) is 0 Å². The second kappa shape index (κ2) is 12.8. The smallest absolute Gasteiger partial charge is 0.149 e. The summed E-state index contributed by atoms with van der Waals surface area (Å²) < 4.78 is 27.8. The molecule has 38 heavy (non-hydrogen) atoms. The molecule has 198 valence electrons. The largest absolute Gasteiger partial charge is 0.467 e. The molecule has 1 N–H and O–H groups in total. The summed E-state index contributed by atoms with van der Waals surface area (Å²) in [6, 6.07) is 33.0. The van der Waals surface area contributed by atoms with Gasteiger partial charge in [-0.1, -0.05) is 110 Å². The van der Waals surface area contributed by atoms with E-state index in [9.17, 15) is 5.11 Å². The van der Waals surface area contributed by atoms with Crippen LogP contribution in [0.1, 0.15) is 56.0 Å². The van der Waals surface area contributed by atoms with E-state index in [0.717, 1.165) is 29.0 Å². The van der Waals surface area contributed by atoms with Gasteiger partial charge in [-0.05, 0) is 42.9 Å². The van der Waals surface area contributed by atoms with E-state index in [1.807, 2.05) is 78.9 Å². The number of hydrogen-bond acceptors (Lipinski definition) is 4. The second-order valence-corrected chi connectivity index (χ2v) is 13.3. The second-order valence-electron chi connectivity index (χ2n) is 10.3. The van der Waals surface area contributed by atoms with Crippen molar-refractivity contribution in [3.8, 4) is 0 Å². The number of rotatable bonds is 11. The van der Waals surface area contributed by atoms with Crippen LogP contribution < -0.4 is 10.6 Å². The van der Waals surface area contributed by atoms with Crippen molar-refractivity contribution in [3.05, 3.63) is 121 Å². The van der Waals surface area contributed by atoms with Gasteiger partial charge < -0.3 is 18.8 Å². The molecule has 5 heteroatoms. The minimum Gasteiger partial charge on any atom is -0.467 e. The lowest BCUT2D eigenvalue weighted by Gasteiger charge is -2.37. The molecular formula is C33H37O4P. The molecule has 0 radical (unpaired) electrons. The van der Waals surface area contributed by atoms with Gasteiger partial charge >= 0.3 is 0 Å². The Hall–Kier alpha value is -2.91. The SMILES string of the molecule is O=P(c1ccccc1)(c1ccccc1)[C@@H](C[C@H](OCc1ccccc1)C1CCCCC1)[C@@H](O)c1ccco1. The minimum absolute atomic E-state index is 0.133. The first-order chi connectivity index (χ1) is 18.7. The first kappa shape index (κ1) is 26.7. The summed E-state index contributed by atoms with van der Waals surface area (Å²) in [6.45, 7) is 0.493. The zero-order valence-electron chi connectivity index (χ0n) is 21.8. The summed E-state index contributed by atoms with van der Waals surface area (Å²) in [6.07, 6.45) is 6.64. The number of furan rings is 1. The van der Waals surface area contributed by atoms with E-state index in [2.05, 4.69) is 12.1 Å². The number of aliphatic hydroxyl groups excluding tert-OH is 1. The Morgan fingerprint density at radius 3 is 1.92 bits per heavy atom. The van der Waals surface area contributed by atoms with Gasteiger partial charge in [0.15, 0.2) is 0 Å². The van der Waals surface area contributed by atoms with Crippen LogP contribution in [0.5, 0.6) is 0 Å². The van der Waals surface area contributed by atoms with Gasteiger partial charge in [0, 0.05) is 10.6 Å². The Kier molecular flexibility index (Phi) is 8.96. The van der Waals surface area contributed by atoms with Crippen molar-refractivity contribution < 1.29 is 18.8 Å². The van der Waals surface area contributed by atoms with E-state index < -0.39 is 18.9 Å². The van der Waals surface area contributed by atoms with Crippen molar-refractivity contribution in [2.24, 2.45) is 5.92 Å². The first-order valence-corrected chi connectivity index (χ1v) is 15.5. The molecule has 0 spiro atoms. The van der Waals surface area contributed by atoms with Crippen molar-refractivity contribution >= 4 is 17.8 Å². The van der Waals surface area contributed by atoms with E-state index >= 15 is 4.57 Å². The molecule has 1 aliphatic rings. The molecule has 0 saturated heterocycles. The Morgan fingerprint density at radius 1 is 0.789 bits per heavy atom. The molecule has 0 bridgehead atoms. The molecule has 1 fully saturated rings. The van der Waals surface area contributed by atoms with Crippen LogP contribution in [0.2, 0.25) is 0 Å². The first-order valence-electron chi connectivity index (χ1n) is 13.7. The summed E-state index contributed by atoms with van der Waals surface area (Å²) in [5.74, 6) is 0.798. The lowest BCUT2D eigenvalue weighted by Crippen LogP contribution is -2.37. The monoisotopic (exact) mass is 528 g/mol. The lowest BCUT2D eigenvalue weighted by atomic mass is 9.83. The molecule has 1 aliphatic carbocycles. The quantitative estimate of drug-likeness (QED) is 0.208. The summed E-state index contributed by atoms with van der Waals surface area (Å²) >= 11 is 0. The molecule has 0 unspecified atom stereocenters. The van der Waals surface area contributed by atoms with Crippen molar-refractivity contribution in [1.82, 2.24) is 0 Å². The van der Waals surface area contributed by atoms with Gasteiger partial charge in [0.05, 0.1) is 24.6 Å². The number of ether oxygens (including phenoxy) is 1. The summed E-state index contributed by atoms with van der Waals surface area (Å²) in [5.41, 5.74) is 0.506. The van der Waals surface area contributed by atoms with Crippen molar-refractivity contribution in [1.29, 1.82) is 0 Å². The van der Waals surface area contributed by atoms with E-state index in [0.29, 0.717) is 24.7 Å². The third-order valence-corrected chi connectivity index (χ3v) is 11.5. The molecule has 3 atom stereocenters. The van der Waals surface area contributed by atoms with Crippen molar-refractivity contribution in [2.75, 3.05) is 0 Å². The van der Waals surface area contributed by atoms with Gasteiger partial charge in [-0.25, -0.2) is 0 Å². The molecule has 1 heterocycles. The summed E-state index contributed by atoms with van der Waals surface area (Å²) in [4.78, 5) is 0. The fraction of sp³-hybridized carbons (Fsp3) is 0.333. The maximum atomic E-state index is 15.5. The van der Waals surface area contributed by atoms with Crippen LogP contribution in [0.3, 0.4) is 0 Å². The molecule has 3 aromatic carbocycles. The van der Waals surface area contributed by atoms with Gasteiger partial charge in [0.1, 0.15) is 19.0 Å². The topological polar surface area (TPSA) is 59.7 Å². The van der Waals surface area contributed by atoms with Crippen molar-refractivity contribution in [2.45, 2.75) is 63.0 Å². The standard InChI is InChI=1S/C33H37O4P/c34-33(30-22-13-23-36-30)32(38(35,28-18-9-3-10-19-28)29-20-11-4-12-21-29)24-31(27-16-7-2-8-17-27)37-25-26-14-5-1-6-15-26/h1,3-6,9-15,18-23,27,31-34H,2,7-8,16-17,24-25H2/t31-,32-,33-/m0/s1. The number of hydrogen-bond donors (Lipinski definition) is 1. The third-order valence-electron chi connectivity index (χ3n) is 7.90. The van der Waals surface area contributed by atoms with Gasteiger partial charge in [0.25, 0.3) is 0 Å². The number of aliphatic hydroxyl groups is 1. The molecule has 5 rings (SSSR count). The van der Waals surface area contributed by atoms with Crippen LogP contribution in [0.15, 0.2) is 114 Å². The van der Waals surface area contributed by atoms with Gasteiger partial charge in [0.2, 0.25) is 0 Å². The average molecular weight is 529 g/mol. The molecule has 1 saturated carbocycles. The summed E-state index contributed by atoms with van der Waals surface area (Å²) in [5, 5.41) is 13.3. The van der Waals surface area contributed by atoms with Crippen LogP contribution in [-0.2, 0) is 15.9 Å². The molecule has 4 aromatic rings. The van der Waals surface area contributed by atoms with Crippen LogP contribution in [0, 0.1) is 5.92 Å². The maximum absolute atomic E-state index is 15.5. The van der Waals surface area contributed by atoms with E-state index in [-0.39, 0.29) is 6.10 Å². The Bertz CT molecular complexity index is 1230. The van der Waals surface area contributed by atoms with Crippen molar-refractivity contribution in [3.63, 3.8) is 0 Å². The fourth-order valence-corrected chi connectivity index (χ4v) is 9.22. The molecule has 1 aromatic heterocycles. The van der Waals surface area contributed by atoms with Crippen LogP contribution in [-0.4, -0.2) is 16.9 Å². The average Bonchev–Trinajstić information content (AvgIpc) is 3.54. The predicted octanol–water partition coefficient (Wildman–Crippen LogP) is 7.25. The summed E-state index contributed by atoms with van der Waals surface area (Å²) in [7, 11) is -3.32. The third kappa shape index (κ3) is 6.04. The zero-order chi connectivity index (χ0) is 26.2. The molecular weight excluding hydrogens is 491 g/mol. The van der Waals surface area contributed by atoms with Gasteiger partial charge in [-0.3, -0.25) is 0 Å². The van der Waals surface area contributed by atoms with E-state index in [1.165, 1.54) is 19.3 Å². The highest BCUT2D eigenvalue weighted by atomic mass is 31.2. The highest BCUT2D eigenvalue weighted by Crippen LogP contribution is 2.55.